The molecule has 1 N–H and O–H groups in total. The molecule has 1 unspecified atom stereocenters. The highest BCUT2D eigenvalue weighted by atomic mass is 35.5. The van der Waals surface area contributed by atoms with Crippen molar-refractivity contribution in [2.45, 2.75) is 25.1 Å². The number of nitrogens with one attached hydrogen (secondary N) is 1. The van der Waals surface area contributed by atoms with Crippen molar-refractivity contribution in [2.75, 3.05) is 11.9 Å². The van der Waals surface area contributed by atoms with E-state index in [4.69, 9.17) is 11.6 Å². The van der Waals surface area contributed by atoms with E-state index >= 15 is 0 Å². The van der Waals surface area contributed by atoms with Gasteiger partial charge in [-0.15, -0.1) is 16.7 Å². The van der Waals surface area contributed by atoms with Crippen molar-refractivity contribution in [3.8, 4) is 0 Å². The molecule has 0 aliphatic carbocycles. The van der Waals surface area contributed by atoms with Crippen molar-refractivity contribution < 1.29 is 0 Å². The highest BCUT2D eigenvalue weighted by molar-refractivity contribution is 6.20. The second-order valence-corrected chi connectivity index (χ2v) is 4.88. The van der Waals surface area contributed by atoms with Gasteiger partial charge >= 0.3 is 0 Å². The van der Waals surface area contributed by atoms with Crippen molar-refractivity contribution in [3.63, 3.8) is 0 Å². The fourth-order valence-corrected chi connectivity index (χ4v) is 1.90. The van der Waals surface area contributed by atoms with Crippen LogP contribution in [0.3, 0.4) is 0 Å². The lowest BCUT2D eigenvalue weighted by Crippen LogP contribution is -2.06. The summed E-state index contributed by atoms with van der Waals surface area (Å²) >= 11 is 5.90. The van der Waals surface area contributed by atoms with E-state index in [-0.39, 0.29) is 5.38 Å². The van der Waals surface area contributed by atoms with Crippen LogP contribution >= 0.6 is 11.6 Å². The Kier molecular flexibility index (Phi) is 4.15. The van der Waals surface area contributed by atoms with Gasteiger partial charge in [-0.2, -0.15) is 5.10 Å². The largest absolute Gasteiger partial charge is 0.368 e. The summed E-state index contributed by atoms with van der Waals surface area (Å²) < 4.78 is 0. The molecule has 4 heteroatoms. The van der Waals surface area contributed by atoms with Gasteiger partial charge in [-0.3, -0.25) is 0 Å². The first-order valence-corrected chi connectivity index (χ1v) is 6.29. The first-order chi connectivity index (χ1) is 8.27. The predicted octanol–water partition coefficient (Wildman–Crippen LogP) is 3.45. The molecular formula is C13H16ClN3. The van der Waals surface area contributed by atoms with E-state index in [0.29, 0.717) is 0 Å². The maximum atomic E-state index is 5.90. The minimum absolute atomic E-state index is 0.232. The van der Waals surface area contributed by atoms with E-state index < -0.39 is 0 Å². The summed E-state index contributed by atoms with van der Waals surface area (Å²) in [6.07, 6.45) is 3.82. The molecule has 1 atom stereocenters. The Labute approximate surface area is 106 Å². The highest BCUT2D eigenvalue weighted by Gasteiger charge is 2.02. The quantitative estimate of drug-likeness (QED) is 0.652. The van der Waals surface area contributed by atoms with Crippen LogP contribution < -0.4 is 5.32 Å². The third kappa shape index (κ3) is 3.30. The number of halogens is 1. The van der Waals surface area contributed by atoms with Crippen LogP contribution in [-0.2, 0) is 0 Å². The van der Waals surface area contributed by atoms with E-state index in [9.17, 15) is 0 Å². The number of nitrogens with zero attached hydrogens (tertiary/aromatic N) is 2. The van der Waals surface area contributed by atoms with Crippen molar-refractivity contribution >= 4 is 28.2 Å². The zero-order chi connectivity index (χ0) is 12.1. The molecule has 1 heterocycles. The van der Waals surface area contributed by atoms with Gasteiger partial charge in [0.25, 0.3) is 0 Å². The molecule has 0 radical (unpaired) electrons. The summed E-state index contributed by atoms with van der Waals surface area (Å²) in [6.45, 7) is 2.89. The van der Waals surface area contributed by atoms with Gasteiger partial charge in [0, 0.05) is 22.7 Å². The molecule has 0 amide bonds. The van der Waals surface area contributed by atoms with Gasteiger partial charge in [-0.25, -0.2) is 0 Å². The molecule has 3 nitrogen and oxygen atoms in total. The van der Waals surface area contributed by atoms with E-state index in [2.05, 4.69) is 21.6 Å². The molecule has 0 bridgehead atoms. The van der Waals surface area contributed by atoms with Crippen LogP contribution in [0.4, 0.5) is 5.82 Å². The molecular weight excluding hydrogens is 234 g/mol. The van der Waals surface area contributed by atoms with Crippen LogP contribution in [0.5, 0.6) is 0 Å². The van der Waals surface area contributed by atoms with Crippen molar-refractivity contribution in [1.29, 1.82) is 0 Å². The third-order valence-corrected chi connectivity index (χ3v) is 2.86. The molecule has 0 fully saturated rings. The molecule has 1 aromatic carbocycles. The Morgan fingerprint density at radius 3 is 3.00 bits per heavy atom. The molecule has 90 valence electrons. The van der Waals surface area contributed by atoms with E-state index in [1.54, 1.807) is 6.20 Å². The summed E-state index contributed by atoms with van der Waals surface area (Å²) in [5.41, 5.74) is 0. The van der Waals surface area contributed by atoms with Crippen molar-refractivity contribution in [2.24, 2.45) is 0 Å². The van der Waals surface area contributed by atoms with Gasteiger partial charge in [-0.05, 0) is 19.8 Å². The van der Waals surface area contributed by atoms with Crippen molar-refractivity contribution in [3.05, 3.63) is 30.5 Å². The minimum Gasteiger partial charge on any atom is -0.368 e. The second kappa shape index (κ2) is 5.82. The summed E-state index contributed by atoms with van der Waals surface area (Å²) in [7, 11) is 0. The molecule has 0 aliphatic rings. The SMILES string of the molecule is CC(Cl)CCCNc1nncc2ccccc12. The minimum atomic E-state index is 0.232. The van der Waals surface area contributed by atoms with Crippen LogP contribution in [-0.4, -0.2) is 22.1 Å². The van der Waals surface area contributed by atoms with Crippen LogP contribution in [0, 0.1) is 0 Å². The number of hydrogen-bond acceptors (Lipinski definition) is 3. The van der Waals surface area contributed by atoms with Gasteiger partial charge in [0.2, 0.25) is 0 Å². The number of benzene rings is 1. The molecule has 2 aromatic rings. The van der Waals surface area contributed by atoms with E-state index in [0.717, 1.165) is 36.0 Å². The number of rotatable bonds is 5. The number of aromatic nitrogens is 2. The molecule has 0 saturated heterocycles. The van der Waals surface area contributed by atoms with Crippen LogP contribution in [0.25, 0.3) is 10.8 Å². The van der Waals surface area contributed by atoms with Gasteiger partial charge in [0.15, 0.2) is 5.82 Å². The topological polar surface area (TPSA) is 37.8 Å². The summed E-state index contributed by atoms with van der Waals surface area (Å²) in [5, 5.41) is 13.9. The smallest absolute Gasteiger partial charge is 0.156 e. The lowest BCUT2D eigenvalue weighted by Gasteiger charge is -2.08. The highest BCUT2D eigenvalue weighted by Crippen LogP contribution is 2.19. The molecule has 0 spiro atoms. The third-order valence-electron chi connectivity index (χ3n) is 2.64. The second-order valence-electron chi connectivity index (χ2n) is 4.13. The maximum absolute atomic E-state index is 5.90. The first-order valence-electron chi connectivity index (χ1n) is 5.86. The number of anilines is 1. The summed E-state index contributed by atoms with van der Waals surface area (Å²) in [4.78, 5) is 0. The molecule has 17 heavy (non-hydrogen) atoms. The lowest BCUT2D eigenvalue weighted by atomic mass is 10.2. The van der Waals surface area contributed by atoms with Crippen molar-refractivity contribution in [1.82, 2.24) is 10.2 Å². The predicted molar refractivity (Wildman–Crippen MR) is 72.6 cm³/mol. The Hall–Kier alpha value is -1.35. The molecule has 0 saturated carbocycles. The average molecular weight is 250 g/mol. The van der Waals surface area contributed by atoms with Gasteiger partial charge in [0.05, 0.1) is 6.20 Å². The zero-order valence-electron chi connectivity index (χ0n) is 9.86. The maximum Gasteiger partial charge on any atom is 0.156 e. The van der Waals surface area contributed by atoms with Gasteiger partial charge in [-0.1, -0.05) is 24.3 Å². The monoisotopic (exact) mass is 249 g/mol. The number of hydrogen-bond donors (Lipinski definition) is 1. The van der Waals surface area contributed by atoms with Crippen LogP contribution in [0.1, 0.15) is 19.8 Å². The number of alkyl halides is 1. The first kappa shape index (κ1) is 12.1. The normalized spacial score (nSPS) is 12.6. The van der Waals surface area contributed by atoms with Gasteiger partial charge < -0.3 is 5.32 Å². The average Bonchev–Trinajstić information content (AvgIpc) is 2.34. The zero-order valence-corrected chi connectivity index (χ0v) is 10.6. The Bertz CT molecular complexity index is 480. The fourth-order valence-electron chi connectivity index (χ4n) is 1.75. The van der Waals surface area contributed by atoms with Crippen LogP contribution in [0.2, 0.25) is 0 Å². The Morgan fingerprint density at radius 2 is 2.18 bits per heavy atom. The fraction of sp³-hybridized carbons (Fsp3) is 0.385. The molecule has 1 aromatic heterocycles. The van der Waals surface area contributed by atoms with E-state index in [1.165, 1.54) is 0 Å². The van der Waals surface area contributed by atoms with Crippen LogP contribution in [0.15, 0.2) is 30.5 Å². The van der Waals surface area contributed by atoms with E-state index in [1.807, 2.05) is 25.1 Å². The summed E-state index contributed by atoms with van der Waals surface area (Å²) in [5.74, 6) is 0.852. The Morgan fingerprint density at radius 1 is 1.35 bits per heavy atom. The Balaban J connectivity index is 2.03. The lowest BCUT2D eigenvalue weighted by molar-refractivity contribution is 0.748. The number of fused-ring (bicyclic) bond motifs is 1. The molecule has 2 rings (SSSR count). The van der Waals surface area contributed by atoms with Gasteiger partial charge in [0.1, 0.15) is 0 Å². The molecule has 0 aliphatic heterocycles. The summed E-state index contributed by atoms with van der Waals surface area (Å²) in [6, 6.07) is 8.10. The standard InChI is InChI=1S/C13H16ClN3/c1-10(14)5-4-8-15-13-12-7-3-2-6-11(12)9-16-17-13/h2-3,6-7,9-10H,4-5,8H2,1H3,(H,15,17).